The van der Waals surface area contributed by atoms with Crippen LogP contribution in [0.15, 0.2) is 114 Å². The van der Waals surface area contributed by atoms with Gasteiger partial charge >= 0.3 is 0 Å². The molecule has 0 aliphatic heterocycles. The first kappa shape index (κ1) is 33.1. The summed E-state index contributed by atoms with van der Waals surface area (Å²) in [5.41, 5.74) is 1.31. The average Bonchev–Trinajstić information content (AvgIpc) is 3.03. The van der Waals surface area contributed by atoms with Crippen LogP contribution in [0.25, 0.3) is 0 Å². The Morgan fingerprint density at radius 2 is 1.48 bits per heavy atom. The van der Waals surface area contributed by atoms with Crippen molar-refractivity contribution < 1.29 is 22.4 Å². The number of unbranched alkanes of at least 4 members (excludes halogenated alkanes) is 1. The third kappa shape index (κ3) is 8.66. The van der Waals surface area contributed by atoms with Crippen LogP contribution >= 0.6 is 22.6 Å². The van der Waals surface area contributed by atoms with Gasteiger partial charge in [0, 0.05) is 28.6 Å². The normalized spacial score (nSPS) is 11.9. The molecule has 0 aliphatic rings. The van der Waals surface area contributed by atoms with Crippen LogP contribution in [0.4, 0.5) is 10.1 Å². The molecule has 10 heteroatoms. The lowest BCUT2D eigenvalue weighted by atomic mass is 10.0. The first-order chi connectivity index (χ1) is 21.2. The van der Waals surface area contributed by atoms with Crippen molar-refractivity contribution in [3.8, 4) is 0 Å². The summed E-state index contributed by atoms with van der Waals surface area (Å²) < 4.78 is 44.9. The number of amides is 2. The molecule has 0 aliphatic carbocycles. The van der Waals surface area contributed by atoms with Crippen LogP contribution in [0, 0.1) is 9.39 Å². The van der Waals surface area contributed by atoms with Crippen LogP contribution in [0.3, 0.4) is 0 Å². The Kier molecular flexibility index (Phi) is 11.9. The Balaban J connectivity index is 1.78. The lowest BCUT2D eigenvalue weighted by Crippen LogP contribution is -2.53. The molecule has 0 aromatic heterocycles. The standard InChI is InChI=1S/C34H35FIN3O4S/c1-2-3-22-37-34(41)32(23-26-12-6-4-7-13-26)38(24-27-14-10-11-17-31(27)35)33(40)25-39(29-20-18-28(36)19-21-29)44(42,43)30-15-8-5-9-16-30/h4-21,32H,2-3,22-25H2,1H3,(H,37,41)/t32-/m1/s1. The Labute approximate surface area is 272 Å². The van der Waals surface area contributed by atoms with E-state index in [1.54, 1.807) is 60.7 Å². The van der Waals surface area contributed by atoms with E-state index in [4.69, 9.17) is 0 Å². The minimum absolute atomic E-state index is 0.0187. The zero-order chi connectivity index (χ0) is 31.5. The molecule has 0 bridgehead atoms. The first-order valence-corrected chi connectivity index (χ1v) is 16.9. The molecule has 0 saturated carbocycles. The summed E-state index contributed by atoms with van der Waals surface area (Å²) in [5.74, 6) is -1.56. The minimum atomic E-state index is -4.19. The number of nitrogens with one attached hydrogen (secondary N) is 1. The number of hydrogen-bond donors (Lipinski definition) is 1. The van der Waals surface area contributed by atoms with Gasteiger partial charge in [-0.05, 0) is 77.0 Å². The maximum absolute atomic E-state index is 15.0. The second-order valence-electron chi connectivity index (χ2n) is 10.3. The molecule has 1 N–H and O–H groups in total. The Bertz CT molecular complexity index is 1640. The topological polar surface area (TPSA) is 86.8 Å². The van der Waals surface area contributed by atoms with E-state index >= 15 is 0 Å². The Morgan fingerprint density at radius 3 is 2.11 bits per heavy atom. The molecule has 0 spiro atoms. The lowest BCUT2D eigenvalue weighted by Gasteiger charge is -2.34. The minimum Gasteiger partial charge on any atom is -0.354 e. The van der Waals surface area contributed by atoms with Crippen LogP contribution in [0.2, 0.25) is 0 Å². The SMILES string of the molecule is CCCCNC(=O)[C@@H](Cc1ccccc1)N(Cc1ccccc1F)C(=O)CN(c1ccc(I)cc1)S(=O)(=O)c1ccccc1. The van der Waals surface area contributed by atoms with Gasteiger partial charge in [0.2, 0.25) is 11.8 Å². The van der Waals surface area contributed by atoms with Gasteiger partial charge in [-0.25, -0.2) is 12.8 Å². The highest BCUT2D eigenvalue weighted by Gasteiger charge is 2.34. The van der Waals surface area contributed by atoms with Gasteiger partial charge in [0.1, 0.15) is 18.4 Å². The van der Waals surface area contributed by atoms with Gasteiger partial charge in [0.05, 0.1) is 10.6 Å². The maximum Gasteiger partial charge on any atom is 0.264 e. The number of benzene rings is 4. The van der Waals surface area contributed by atoms with E-state index in [0.29, 0.717) is 12.2 Å². The number of halogens is 2. The molecule has 0 unspecified atom stereocenters. The van der Waals surface area contributed by atoms with Crippen LogP contribution in [-0.4, -0.2) is 44.3 Å². The molecule has 1 atom stereocenters. The summed E-state index contributed by atoms with van der Waals surface area (Å²) in [5, 5.41) is 2.93. The molecule has 0 heterocycles. The monoisotopic (exact) mass is 727 g/mol. The van der Waals surface area contributed by atoms with E-state index < -0.39 is 40.2 Å². The van der Waals surface area contributed by atoms with Crippen molar-refractivity contribution >= 4 is 50.1 Å². The van der Waals surface area contributed by atoms with Crippen molar-refractivity contribution in [1.82, 2.24) is 10.2 Å². The van der Waals surface area contributed by atoms with E-state index in [0.717, 1.165) is 26.3 Å². The number of anilines is 1. The molecule has 230 valence electrons. The van der Waals surface area contributed by atoms with Gasteiger partial charge in [-0.3, -0.25) is 13.9 Å². The molecule has 4 rings (SSSR count). The fraction of sp³-hybridized carbons (Fsp3) is 0.235. The van der Waals surface area contributed by atoms with E-state index in [1.807, 2.05) is 37.3 Å². The van der Waals surface area contributed by atoms with Crippen molar-refractivity contribution in [2.75, 3.05) is 17.4 Å². The lowest BCUT2D eigenvalue weighted by molar-refractivity contribution is -0.140. The second kappa shape index (κ2) is 15.8. The molecule has 44 heavy (non-hydrogen) atoms. The number of carbonyl (C=O) groups is 2. The molecule has 7 nitrogen and oxygen atoms in total. The van der Waals surface area contributed by atoms with Crippen LogP contribution in [-0.2, 0) is 32.6 Å². The summed E-state index contributed by atoms with van der Waals surface area (Å²) >= 11 is 2.12. The zero-order valence-electron chi connectivity index (χ0n) is 24.4. The van der Waals surface area contributed by atoms with Gasteiger partial charge in [0.15, 0.2) is 0 Å². The second-order valence-corrected chi connectivity index (χ2v) is 13.4. The van der Waals surface area contributed by atoms with Crippen molar-refractivity contribution in [2.24, 2.45) is 0 Å². The fourth-order valence-corrected chi connectivity index (χ4v) is 6.52. The van der Waals surface area contributed by atoms with Crippen LogP contribution in [0.1, 0.15) is 30.9 Å². The molecular weight excluding hydrogens is 692 g/mol. The van der Waals surface area contributed by atoms with Gasteiger partial charge < -0.3 is 10.2 Å². The number of sulfonamides is 1. The van der Waals surface area contributed by atoms with Crippen LogP contribution in [0.5, 0.6) is 0 Å². The van der Waals surface area contributed by atoms with E-state index in [1.165, 1.54) is 23.1 Å². The third-order valence-corrected chi connectivity index (χ3v) is 9.63. The highest BCUT2D eigenvalue weighted by Crippen LogP contribution is 2.26. The summed E-state index contributed by atoms with van der Waals surface area (Å²) in [7, 11) is -4.19. The van der Waals surface area contributed by atoms with Crippen LogP contribution < -0.4 is 9.62 Å². The molecule has 0 saturated heterocycles. The molecule has 2 amide bonds. The summed E-state index contributed by atoms with van der Waals surface area (Å²) in [6.45, 7) is 1.60. The highest BCUT2D eigenvalue weighted by molar-refractivity contribution is 14.1. The maximum atomic E-state index is 15.0. The molecule has 4 aromatic rings. The van der Waals surface area contributed by atoms with Gasteiger partial charge in [-0.2, -0.15) is 0 Å². The molecule has 0 fully saturated rings. The summed E-state index contributed by atoms with van der Waals surface area (Å²) in [6.07, 6.45) is 1.78. The molecule has 0 radical (unpaired) electrons. The summed E-state index contributed by atoms with van der Waals surface area (Å²) in [4.78, 5) is 29.4. The largest absolute Gasteiger partial charge is 0.354 e. The zero-order valence-corrected chi connectivity index (χ0v) is 27.4. The van der Waals surface area contributed by atoms with Gasteiger partial charge in [-0.15, -0.1) is 0 Å². The van der Waals surface area contributed by atoms with Gasteiger partial charge in [0.25, 0.3) is 10.0 Å². The third-order valence-electron chi connectivity index (χ3n) is 7.12. The highest BCUT2D eigenvalue weighted by atomic mass is 127. The molecule has 4 aromatic carbocycles. The van der Waals surface area contributed by atoms with Gasteiger partial charge in [-0.1, -0.05) is 80.1 Å². The van der Waals surface area contributed by atoms with Crippen molar-refractivity contribution in [3.63, 3.8) is 0 Å². The average molecular weight is 728 g/mol. The Morgan fingerprint density at radius 1 is 0.864 bits per heavy atom. The fourth-order valence-electron chi connectivity index (χ4n) is 4.73. The number of rotatable bonds is 14. The number of carbonyl (C=O) groups excluding carboxylic acids is 2. The van der Waals surface area contributed by atoms with E-state index in [-0.39, 0.29) is 23.4 Å². The summed E-state index contributed by atoms with van der Waals surface area (Å²) in [6, 6.07) is 28.9. The van der Waals surface area contributed by atoms with E-state index in [2.05, 4.69) is 27.9 Å². The van der Waals surface area contributed by atoms with Crippen molar-refractivity contribution in [1.29, 1.82) is 0 Å². The van der Waals surface area contributed by atoms with Crippen molar-refractivity contribution in [3.05, 3.63) is 130 Å². The van der Waals surface area contributed by atoms with Crippen molar-refractivity contribution in [2.45, 2.75) is 43.7 Å². The predicted molar refractivity (Wildman–Crippen MR) is 179 cm³/mol. The first-order valence-electron chi connectivity index (χ1n) is 14.4. The number of nitrogens with zero attached hydrogens (tertiary/aromatic N) is 2. The predicted octanol–water partition coefficient (Wildman–Crippen LogP) is 6.18. The smallest absolute Gasteiger partial charge is 0.264 e. The molecular formula is C34H35FIN3O4S. The Hall–Kier alpha value is -3.77. The number of hydrogen-bond acceptors (Lipinski definition) is 4. The van der Waals surface area contributed by atoms with E-state index in [9.17, 15) is 22.4 Å². The quantitative estimate of drug-likeness (QED) is 0.124.